The van der Waals surface area contributed by atoms with Crippen molar-refractivity contribution in [1.29, 1.82) is 0 Å². The van der Waals surface area contributed by atoms with Gasteiger partial charge in [0.05, 0.1) is 12.7 Å². The van der Waals surface area contributed by atoms with Crippen LogP contribution < -0.4 is 5.32 Å². The van der Waals surface area contributed by atoms with Crippen LogP contribution in [0, 0.1) is 0 Å². The molecule has 1 aromatic heterocycles. The van der Waals surface area contributed by atoms with Gasteiger partial charge in [0.1, 0.15) is 11.6 Å². The summed E-state index contributed by atoms with van der Waals surface area (Å²) in [6, 6.07) is 1.27. The fourth-order valence-corrected chi connectivity index (χ4v) is 2.74. The van der Waals surface area contributed by atoms with Crippen LogP contribution in [0.2, 0.25) is 0 Å². The zero-order valence-electron chi connectivity index (χ0n) is 12.2. The van der Waals surface area contributed by atoms with E-state index in [1.165, 1.54) is 6.20 Å². The number of piperazine rings is 1. The Labute approximate surface area is 118 Å². The third-order valence-electron chi connectivity index (χ3n) is 4.12. The Hall–Kier alpha value is -1.85. The lowest BCUT2D eigenvalue weighted by molar-refractivity contribution is -0.156. The summed E-state index contributed by atoms with van der Waals surface area (Å²) in [5.41, 5.74) is -0.789. The van der Waals surface area contributed by atoms with Crippen molar-refractivity contribution in [3.8, 4) is 0 Å². The number of nitrogens with one attached hydrogen (secondary N) is 1. The zero-order valence-corrected chi connectivity index (χ0v) is 12.2. The minimum atomic E-state index is -0.789. The maximum Gasteiger partial charge on any atom is 0.249 e. The molecule has 0 saturated carbocycles. The Balaban J connectivity index is 2.32. The third-order valence-corrected chi connectivity index (χ3v) is 4.12. The highest BCUT2D eigenvalue weighted by Gasteiger charge is 2.48. The summed E-state index contributed by atoms with van der Waals surface area (Å²) in [5, 5.41) is 6.56. The zero-order chi connectivity index (χ0) is 14.8. The van der Waals surface area contributed by atoms with Crippen LogP contribution in [0.4, 0.5) is 0 Å². The van der Waals surface area contributed by atoms with Gasteiger partial charge in [-0.3, -0.25) is 9.59 Å². The first-order chi connectivity index (χ1) is 9.57. The Bertz CT molecular complexity index is 480. The summed E-state index contributed by atoms with van der Waals surface area (Å²) >= 11 is 0. The molecule has 1 unspecified atom stereocenters. The number of amides is 2. The highest BCUT2D eigenvalue weighted by molar-refractivity contribution is 5.99. The summed E-state index contributed by atoms with van der Waals surface area (Å²) < 4.78 is 5.07. The van der Waals surface area contributed by atoms with Crippen LogP contribution in [0.5, 0.6) is 0 Å². The molecule has 1 aliphatic heterocycles. The second-order valence-corrected chi connectivity index (χ2v) is 5.11. The first-order valence-corrected chi connectivity index (χ1v) is 7.10. The minimum Gasteiger partial charge on any atom is -0.360 e. The molecule has 1 aromatic rings. The Morgan fingerprint density at radius 2 is 2.05 bits per heavy atom. The van der Waals surface area contributed by atoms with Crippen molar-refractivity contribution in [2.24, 2.45) is 0 Å². The molecular formula is C14H21N3O3. The molecule has 20 heavy (non-hydrogen) atoms. The van der Waals surface area contributed by atoms with Crippen LogP contribution in [0.15, 0.2) is 16.8 Å². The molecule has 2 rings (SSSR count). The van der Waals surface area contributed by atoms with Gasteiger partial charge in [-0.25, -0.2) is 0 Å². The Kier molecular flexibility index (Phi) is 4.11. The molecule has 2 amide bonds. The number of carbonyl (C=O) groups is 2. The van der Waals surface area contributed by atoms with E-state index in [4.69, 9.17) is 4.52 Å². The van der Waals surface area contributed by atoms with E-state index in [-0.39, 0.29) is 18.4 Å². The lowest BCUT2D eigenvalue weighted by Crippen LogP contribution is -2.69. The highest BCUT2D eigenvalue weighted by Crippen LogP contribution is 2.27. The number of aromatic nitrogens is 1. The van der Waals surface area contributed by atoms with Crippen molar-refractivity contribution < 1.29 is 14.1 Å². The number of hydrogen-bond donors (Lipinski definition) is 1. The van der Waals surface area contributed by atoms with E-state index in [1.807, 2.05) is 20.8 Å². The molecule has 110 valence electrons. The third kappa shape index (κ3) is 2.30. The molecule has 1 N–H and O–H groups in total. The Morgan fingerprint density at radius 3 is 2.55 bits per heavy atom. The second kappa shape index (κ2) is 5.64. The van der Waals surface area contributed by atoms with Gasteiger partial charge in [-0.15, -0.1) is 0 Å². The van der Waals surface area contributed by atoms with Crippen LogP contribution in [0.25, 0.3) is 0 Å². The molecule has 0 aliphatic carbocycles. The Morgan fingerprint density at radius 1 is 1.35 bits per heavy atom. The van der Waals surface area contributed by atoms with Gasteiger partial charge in [-0.2, -0.15) is 0 Å². The molecule has 6 nitrogen and oxygen atoms in total. The van der Waals surface area contributed by atoms with E-state index >= 15 is 0 Å². The van der Waals surface area contributed by atoms with E-state index in [0.29, 0.717) is 25.0 Å². The van der Waals surface area contributed by atoms with E-state index < -0.39 is 11.6 Å². The maximum atomic E-state index is 12.8. The highest BCUT2D eigenvalue weighted by atomic mass is 16.5. The summed E-state index contributed by atoms with van der Waals surface area (Å²) in [7, 11) is 0. The molecule has 6 heteroatoms. The smallest absolute Gasteiger partial charge is 0.249 e. The van der Waals surface area contributed by atoms with Gasteiger partial charge in [0.2, 0.25) is 11.8 Å². The molecule has 1 atom stereocenters. The van der Waals surface area contributed by atoms with E-state index in [1.54, 1.807) is 11.0 Å². The maximum absolute atomic E-state index is 12.8. The fraction of sp³-hybridized carbons (Fsp3) is 0.643. The molecule has 0 radical (unpaired) electrons. The number of rotatable bonds is 5. The van der Waals surface area contributed by atoms with E-state index in [2.05, 4.69) is 10.5 Å². The largest absolute Gasteiger partial charge is 0.360 e. The van der Waals surface area contributed by atoms with Gasteiger partial charge < -0.3 is 14.7 Å². The lowest BCUT2D eigenvalue weighted by atomic mass is 9.86. The van der Waals surface area contributed by atoms with Gasteiger partial charge in [0, 0.05) is 6.07 Å². The number of carbonyl (C=O) groups excluding carboxylic acids is 2. The van der Waals surface area contributed by atoms with Gasteiger partial charge in [0.25, 0.3) is 0 Å². The molecular weight excluding hydrogens is 258 g/mol. The first kappa shape index (κ1) is 14.6. The summed E-state index contributed by atoms with van der Waals surface area (Å²) in [4.78, 5) is 26.7. The van der Waals surface area contributed by atoms with Crippen LogP contribution >= 0.6 is 0 Å². The monoisotopic (exact) mass is 279 g/mol. The predicted octanol–water partition coefficient (Wildman–Crippen LogP) is 1.47. The van der Waals surface area contributed by atoms with Crippen molar-refractivity contribution in [2.45, 2.75) is 58.2 Å². The van der Waals surface area contributed by atoms with Crippen LogP contribution in [0.3, 0.4) is 0 Å². The molecule has 0 aromatic carbocycles. The van der Waals surface area contributed by atoms with Gasteiger partial charge in [0.15, 0.2) is 5.76 Å². The molecule has 1 fully saturated rings. The van der Waals surface area contributed by atoms with Gasteiger partial charge >= 0.3 is 0 Å². The van der Waals surface area contributed by atoms with Crippen molar-refractivity contribution in [3.63, 3.8) is 0 Å². The van der Waals surface area contributed by atoms with Gasteiger partial charge in [-0.05, 0) is 19.3 Å². The van der Waals surface area contributed by atoms with Crippen LogP contribution in [-0.2, 0) is 16.1 Å². The average Bonchev–Trinajstić information content (AvgIpc) is 2.96. The van der Waals surface area contributed by atoms with Gasteiger partial charge in [-0.1, -0.05) is 25.9 Å². The lowest BCUT2D eigenvalue weighted by Gasteiger charge is -2.45. The molecule has 0 spiro atoms. The average molecular weight is 279 g/mol. The van der Waals surface area contributed by atoms with Crippen LogP contribution in [-0.4, -0.2) is 33.5 Å². The van der Waals surface area contributed by atoms with Crippen molar-refractivity contribution in [2.75, 3.05) is 0 Å². The topological polar surface area (TPSA) is 75.4 Å². The van der Waals surface area contributed by atoms with Crippen LogP contribution in [0.1, 0.15) is 45.8 Å². The summed E-state index contributed by atoms with van der Waals surface area (Å²) in [6.45, 7) is 6.02. The SMILES string of the molecule is CCC1C(=O)NC(CC)(CC)C(=O)N1Cc1ccno1. The normalized spacial score (nSPS) is 21.9. The number of hydrogen-bond acceptors (Lipinski definition) is 4. The molecule has 1 saturated heterocycles. The number of nitrogens with zero attached hydrogens (tertiary/aromatic N) is 2. The molecule has 1 aliphatic rings. The first-order valence-electron chi connectivity index (χ1n) is 7.10. The molecule has 0 bridgehead atoms. The van der Waals surface area contributed by atoms with Crippen molar-refractivity contribution >= 4 is 11.8 Å². The van der Waals surface area contributed by atoms with E-state index in [0.717, 1.165) is 0 Å². The van der Waals surface area contributed by atoms with Crippen molar-refractivity contribution in [1.82, 2.24) is 15.4 Å². The minimum absolute atomic E-state index is 0.0367. The molecule has 2 heterocycles. The predicted molar refractivity (Wildman–Crippen MR) is 72.6 cm³/mol. The standard InChI is InChI=1S/C14H21N3O3/c1-4-11-12(18)16-14(5-2,6-3)13(19)17(11)9-10-7-8-15-20-10/h7-8,11H,4-6,9H2,1-3H3,(H,16,18). The van der Waals surface area contributed by atoms with Crippen molar-refractivity contribution in [3.05, 3.63) is 18.0 Å². The fourth-order valence-electron chi connectivity index (χ4n) is 2.74. The van der Waals surface area contributed by atoms with E-state index in [9.17, 15) is 9.59 Å². The quantitative estimate of drug-likeness (QED) is 0.885. The summed E-state index contributed by atoms with van der Waals surface area (Å²) in [5.74, 6) is 0.466. The summed E-state index contributed by atoms with van der Waals surface area (Å²) in [6.07, 6.45) is 3.28. The second-order valence-electron chi connectivity index (χ2n) is 5.11.